The van der Waals surface area contributed by atoms with E-state index in [9.17, 15) is 4.79 Å². The van der Waals surface area contributed by atoms with Crippen LogP contribution in [0.15, 0.2) is 72.8 Å². The maximum Gasteiger partial charge on any atom is 0.129 e. The van der Waals surface area contributed by atoms with Gasteiger partial charge in [0.2, 0.25) is 0 Å². The average Bonchev–Trinajstić information content (AvgIpc) is 3.28. The summed E-state index contributed by atoms with van der Waals surface area (Å²) in [6, 6.07) is 26.7. The molecule has 0 spiro atoms. The minimum atomic E-state index is 0.320. The van der Waals surface area contributed by atoms with E-state index in [1.165, 1.54) is 104 Å². The number of carbonyl (C=O) groups excluding carboxylic acids is 1. The van der Waals surface area contributed by atoms with E-state index in [1.54, 1.807) is 6.92 Å². The maximum absolute atomic E-state index is 11.2. The van der Waals surface area contributed by atoms with E-state index >= 15 is 0 Å². The van der Waals surface area contributed by atoms with Gasteiger partial charge in [0.1, 0.15) is 5.78 Å². The summed E-state index contributed by atoms with van der Waals surface area (Å²) in [7, 11) is 0. The highest BCUT2D eigenvalue weighted by Gasteiger charge is 2.28. The first-order valence-corrected chi connectivity index (χ1v) is 15.9. The predicted octanol–water partition coefficient (Wildman–Crippen LogP) is 10.3. The first-order chi connectivity index (χ1) is 19.6. The summed E-state index contributed by atoms with van der Waals surface area (Å²) in [6.45, 7) is 5.49. The second-order valence-electron chi connectivity index (χ2n) is 12.1. The van der Waals surface area contributed by atoms with Crippen LogP contribution in [0.3, 0.4) is 0 Å². The van der Waals surface area contributed by atoms with Crippen molar-refractivity contribution in [2.24, 2.45) is 5.92 Å². The van der Waals surface area contributed by atoms with E-state index in [2.05, 4.69) is 79.7 Å². The van der Waals surface area contributed by atoms with E-state index in [0.29, 0.717) is 17.6 Å². The quantitative estimate of drug-likeness (QED) is 0.142. The number of fused-ring (bicyclic) bond motifs is 3. The highest BCUT2D eigenvalue weighted by Crippen LogP contribution is 2.44. The number of aryl methyl sites for hydroxylation is 2. The molecule has 0 saturated carbocycles. The number of benzene rings is 3. The van der Waals surface area contributed by atoms with Crippen molar-refractivity contribution in [3.8, 4) is 11.1 Å². The number of ether oxygens (including phenoxy) is 1. The second kappa shape index (κ2) is 16.5. The highest BCUT2D eigenvalue weighted by atomic mass is 16.5. The van der Waals surface area contributed by atoms with Crippen LogP contribution in [0.25, 0.3) is 11.1 Å². The van der Waals surface area contributed by atoms with Crippen LogP contribution in [0.4, 0.5) is 0 Å². The average molecular weight is 539 g/mol. The SMILES string of the molecule is CC(=O)CCCCCCC(CCCCCCCc1ccc(C)cc1)COCC1c2ccccc2-c2ccccc21. The fourth-order valence-electron chi connectivity index (χ4n) is 6.31. The molecule has 2 nitrogen and oxygen atoms in total. The summed E-state index contributed by atoms with van der Waals surface area (Å²) in [4.78, 5) is 11.2. The van der Waals surface area contributed by atoms with Crippen LogP contribution >= 0.6 is 0 Å². The van der Waals surface area contributed by atoms with Crippen LogP contribution in [-0.4, -0.2) is 19.0 Å². The number of unbranched alkanes of at least 4 members (excludes halogenated alkanes) is 7. The Morgan fingerprint density at radius 1 is 0.700 bits per heavy atom. The normalized spacial score (nSPS) is 13.2. The molecule has 0 amide bonds. The molecule has 0 bridgehead atoms. The van der Waals surface area contributed by atoms with Gasteiger partial charge in [-0.1, -0.05) is 123 Å². The molecule has 0 aliphatic heterocycles. The van der Waals surface area contributed by atoms with Gasteiger partial charge in [-0.05, 0) is 79.7 Å². The van der Waals surface area contributed by atoms with Crippen LogP contribution in [0.1, 0.15) is 112 Å². The number of hydrogen-bond acceptors (Lipinski definition) is 2. The molecule has 0 saturated heterocycles. The lowest BCUT2D eigenvalue weighted by molar-refractivity contribution is -0.117. The van der Waals surface area contributed by atoms with Gasteiger partial charge in [0, 0.05) is 18.9 Å². The van der Waals surface area contributed by atoms with E-state index in [0.717, 1.165) is 26.1 Å². The van der Waals surface area contributed by atoms with E-state index in [4.69, 9.17) is 4.74 Å². The van der Waals surface area contributed by atoms with Crippen molar-refractivity contribution in [3.05, 3.63) is 95.1 Å². The number of ketones is 1. The van der Waals surface area contributed by atoms with Crippen molar-refractivity contribution in [1.29, 1.82) is 0 Å². The zero-order valence-electron chi connectivity index (χ0n) is 25.0. The number of Topliss-reactive ketones (excluding diaryl/α,β-unsaturated/α-hetero) is 1. The Morgan fingerprint density at radius 2 is 1.25 bits per heavy atom. The Hall–Kier alpha value is -2.71. The molecular weight excluding hydrogens is 488 g/mol. The molecule has 214 valence electrons. The van der Waals surface area contributed by atoms with E-state index in [-0.39, 0.29) is 0 Å². The van der Waals surface area contributed by atoms with Gasteiger partial charge in [-0.2, -0.15) is 0 Å². The smallest absolute Gasteiger partial charge is 0.129 e. The third kappa shape index (κ3) is 9.44. The molecule has 3 aromatic rings. The topological polar surface area (TPSA) is 26.3 Å². The fourth-order valence-corrected chi connectivity index (χ4v) is 6.31. The van der Waals surface area contributed by atoms with Crippen molar-refractivity contribution in [2.75, 3.05) is 13.2 Å². The zero-order chi connectivity index (χ0) is 28.0. The fraction of sp³-hybridized carbons (Fsp3) is 0.500. The molecule has 4 rings (SSSR count). The molecule has 0 radical (unpaired) electrons. The second-order valence-corrected chi connectivity index (χ2v) is 12.1. The van der Waals surface area contributed by atoms with Crippen molar-refractivity contribution < 1.29 is 9.53 Å². The van der Waals surface area contributed by atoms with E-state index < -0.39 is 0 Å². The Labute approximate surface area is 243 Å². The maximum atomic E-state index is 11.2. The van der Waals surface area contributed by atoms with Crippen LogP contribution in [0.5, 0.6) is 0 Å². The minimum Gasteiger partial charge on any atom is -0.380 e. The molecule has 0 aromatic heterocycles. The predicted molar refractivity (Wildman–Crippen MR) is 169 cm³/mol. The van der Waals surface area contributed by atoms with Gasteiger partial charge in [0.05, 0.1) is 6.61 Å². The Morgan fingerprint density at radius 3 is 1.88 bits per heavy atom. The summed E-state index contributed by atoms with van der Waals surface area (Å²) < 4.78 is 6.51. The molecule has 1 atom stereocenters. The molecule has 1 aliphatic rings. The largest absolute Gasteiger partial charge is 0.380 e. The molecule has 0 N–H and O–H groups in total. The minimum absolute atomic E-state index is 0.320. The Balaban J connectivity index is 1.20. The first-order valence-electron chi connectivity index (χ1n) is 15.9. The number of carbonyl (C=O) groups is 1. The monoisotopic (exact) mass is 538 g/mol. The van der Waals surface area contributed by atoms with Crippen LogP contribution in [0.2, 0.25) is 0 Å². The van der Waals surface area contributed by atoms with Crippen LogP contribution < -0.4 is 0 Å². The Kier molecular flexibility index (Phi) is 12.5. The van der Waals surface area contributed by atoms with Crippen molar-refractivity contribution in [3.63, 3.8) is 0 Å². The summed E-state index contributed by atoms with van der Waals surface area (Å²) in [5.74, 6) is 1.29. The van der Waals surface area contributed by atoms with Gasteiger partial charge in [-0.15, -0.1) is 0 Å². The first kappa shape index (κ1) is 30.3. The van der Waals surface area contributed by atoms with Crippen LogP contribution in [0, 0.1) is 12.8 Å². The molecule has 0 fully saturated rings. The zero-order valence-corrected chi connectivity index (χ0v) is 25.0. The summed E-state index contributed by atoms with van der Waals surface area (Å²) in [5, 5.41) is 0. The Bertz CT molecular complexity index is 1120. The molecule has 1 aliphatic carbocycles. The van der Waals surface area contributed by atoms with E-state index in [1.807, 2.05) is 0 Å². The molecular formula is C38H50O2. The third-order valence-corrected chi connectivity index (χ3v) is 8.69. The highest BCUT2D eigenvalue weighted by molar-refractivity contribution is 5.78. The summed E-state index contributed by atoms with van der Waals surface area (Å²) in [5.41, 5.74) is 8.38. The van der Waals surface area contributed by atoms with Gasteiger partial charge in [0.15, 0.2) is 0 Å². The van der Waals surface area contributed by atoms with Gasteiger partial charge in [-0.25, -0.2) is 0 Å². The summed E-state index contributed by atoms with van der Waals surface area (Å²) in [6.07, 6.45) is 15.7. The van der Waals surface area contributed by atoms with Gasteiger partial charge in [-0.3, -0.25) is 0 Å². The molecule has 1 unspecified atom stereocenters. The van der Waals surface area contributed by atoms with Gasteiger partial charge in [0.25, 0.3) is 0 Å². The van der Waals surface area contributed by atoms with Crippen molar-refractivity contribution in [1.82, 2.24) is 0 Å². The van der Waals surface area contributed by atoms with Gasteiger partial charge >= 0.3 is 0 Å². The van der Waals surface area contributed by atoms with Gasteiger partial charge < -0.3 is 9.53 Å². The molecule has 3 aromatic carbocycles. The van der Waals surface area contributed by atoms with Crippen LogP contribution in [-0.2, 0) is 16.0 Å². The number of hydrogen-bond donors (Lipinski definition) is 0. The lowest BCUT2D eigenvalue weighted by Gasteiger charge is -2.20. The standard InChI is InChI=1S/C38H50O2/c1-30-24-26-32(27-25-30)17-9-4-3-5-10-18-33(19-11-7-6-8-16-31(2)39)28-40-29-38-36-22-14-12-20-34(36)35-21-13-15-23-37(35)38/h12-15,20-27,33,38H,3-11,16-19,28-29H2,1-2H3. The van der Waals surface area contributed by atoms with Crippen molar-refractivity contribution >= 4 is 5.78 Å². The third-order valence-electron chi connectivity index (χ3n) is 8.69. The summed E-state index contributed by atoms with van der Waals surface area (Å²) >= 11 is 0. The molecule has 40 heavy (non-hydrogen) atoms. The molecule has 0 heterocycles. The van der Waals surface area contributed by atoms with Crippen molar-refractivity contribution in [2.45, 2.75) is 103 Å². The number of rotatable bonds is 19. The molecule has 2 heteroatoms. The lowest BCUT2D eigenvalue weighted by Crippen LogP contribution is -2.14. The lowest BCUT2D eigenvalue weighted by atomic mass is 9.94.